The van der Waals surface area contributed by atoms with Crippen molar-refractivity contribution in [2.75, 3.05) is 13.1 Å². The number of carboxylic acids is 1. The summed E-state index contributed by atoms with van der Waals surface area (Å²) >= 11 is 0. The molecule has 0 fully saturated rings. The highest BCUT2D eigenvalue weighted by Gasteiger charge is 2.33. The van der Waals surface area contributed by atoms with Crippen molar-refractivity contribution in [3.05, 3.63) is 0 Å². The van der Waals surface area contributed by atoms with Gasteiger partial charge in [0.25, 0.3) is 0 Å². The molecule has 16 heteroatoms. The lowest BCUT2D eigenvalue weighted by molar-refractivity contribution is -0.145. The number of carbonyl (C=O) groups is 4. The van der Waals surface area contributed by atoms with Crippen LogP contribution in [-0.2, 0) is 19.2 Å². The molecule has 5 unspecified atom stereocenters. The summed E-state index contributed by atoms with van der Waals surface area (Å²) in [5.74, 6) is -4.20. The third kappa shape index (κ3) is 13.9. The minimum Gasteiger partial charge on any atom is -0.480 e. The van der Waals surface area contributed by atoms with Crippen LogP contribution in [0.3, 0.4) is 0 Å². The van der Waals surface area contributed by atoms with E-state index >= 15 is 0 Å². The number of aliphatic hydroxyl groups excluding tert-OH is 1. The molecule has 15 N–H and O–H groups in total. The number of aliphatic hydroxyl groups is 1. The summed E-state index contributed by atoms with van der Waals surface area (Å²) in [7, 11) is 0. The molecule has 0 saturated carbocycles. The maximum Gasteiger partial charge on any atom is 0.328 e. The highest BCUT2D eigenvalue weighted by Crippen LogP contribution is 2.07. The number of hydrogen-bond acceptors (Lipinski definition) is 8. The predicted molar refractivity (Wildman–Crippen MR) is 138 cm³/mol. The number of carbonyl (C=O) groups excluding carboxylic acids is 3. The van der Waals surface area contributed by atoms with Gasteiger partial charge in [0.2, 0.25) is 17.7 Å². The van der Waals surface area contributed by atoms with E-state index in [9.17, 15) is 29.4 Å². The van der Waals surface area contributed by atoms with Crippen molar-refractivity contribution in [3.8, 4) is 0 Å². The van der Waals surface area contributed by atoms with E-state index in [1.807, 2.05) is 0 Å². The van der Waals surface area contributed by atoms with E-state index in [0.29, 0.717) is 12.8 Å². The number of nitrogens with two attached hydrogens (primary N) is 5. The SMILES string of the molecule is CC(C)C(NC(=O)C(CCCN=C(N)N)NC(=O)C(N)CCCN=C(N)N)C(=O)NC(C(=O)O)C(C)O. The first-order valence-corrected chi connectivity index (χ1v) is 11.9. The van der Waals surface area contributed by atoms with Gasteiger partial charge in [-0.25, -0.2) is 4.79 Å². The van der Waals surface area contributed by atoms with Gasteiger partial charge in [-0.15, -0.1) is 0 Å². The Morgan fingerprint density at radius 2 is 1.24 bits per heavy atom. The van der Waals surface area contributed by atoms with E-state index in [-0.39, 0.29) is 37.9 Å². The Hall–Kier alpha value is -3.66. The second-order valence-electron chi connectivity index (χ2n) is 8.86. The third-order valence-electron chi connectivity index (χ3n) is 5.18. The number of carboxylic acid groups (broad SMARTS) is 1. The molecular weight excluding hydrogens is 488 g/mol. The van der Waals surface area contributed by atoms with Crippen LogP contribution in [0.1, 0.15) is 46.5 Å². The lowest BCUT2D eigenvalue weighted by atomic mass is 10.0. The lowest BCUT2D eigenvalue weighted by Gasteiger charge is -2.27. The zero-order valence-corrected chi connectivity index (χ0v) is 21.5. The van der Waals surface area contributed by atoms with Gasteiger partial charge < -0.3 is 54.8 Å². The van der Waals surface area contributed by atoms with Crippen LogP contribution in [0.15, 0.2) is 9.98 Å². The molecule has 212 valence electrons. The molecule has 3 amide bonds. The van der Waals surface area contributed by atoms with Gasteiger partial charge in [-0.3, -0.25) is 24.4 Å². The van der Waals surface area contributed by atoms with Crippen LogP contribution in [0.4, 0.5) is 0 Å². The second kappa shape index (κ2) is 16.9. The standard InChI is InChI=1S/C21H42N10O6/c1-10(2)14(18(35)31-15(11(3)32)19(36)37)30-17(34)13(7-5-9-28-21(25)26)29-16(33)12(22)6-4-8-27-20(23)24/h10-15,32H,4-9,22H2,1-3H3,(H,29,33)(H,30,34)(H,31,35)(H,36,37)(H4,23,24,27)(H4,25,26,28). The minimum absolute atomic E-state index is 0.0811. The molecule has 16 nitrogen and oxygen atoms in total. The Bertz CT molecular complexity index is 825. The topological polar surface area (TPSA) is 300 Å². The van der Waals surface area contributed by atoms with Crippen molar-refractivity contribution in [2.24, 2.45) is 44.6 Å². The van der Waals surface area contributed by atoms with E-state index in [2.05, 4.69) is 25.9 Å². The molecule has 0 bridgehead atoms. The molecule has 0 heterocycles. The van der Waals surface area contributed by atoms with Crippen molar-refractivity contribution < 1.29 is 29.4 Å². The smallest absolute Gasteiger partial charge is 0.328 e. The van der Waals surface area contributed by atoms with Crippen LogP contribution in [0.2, 0.25) is 0 Å². The molecule has 0 aliphatic heterocycles. The van der Waals surface area contributed by atoms with E-state index in [4.69, 9.17) is 28.7 Å². The fraction of sp³-hybridized carbons (Fsp3) is 0.714. The normalized spacial score (nSPS) is 14.9. The number of nitrogens with zero attached hydrogens (tertiary/aromatic N) is 2. The predicted octanol–water partition coefficient (Wildman–Crippen LogP) is -4.00. The quantitative estimate of drug-likeness (QED) is 0.0490. The Balaban J connectivity index is 5.48. The van der Waals surface area contributed by atoms with Crippen LogP contribution in [0.25, 0.3) is 0 Å². The van der Waals surface area contributed by atoms with Gasteiger partial charge in [0.1, 0.15) is 12.1 Å². The lowest BCUT2D eigenvalue weighted by Crippen LogP contribution is -2.59. The summed E-state index contributed by atoms with van der Waals surface area (Å²) in [4.78, 5) is 57.5. The highest BCUT2D eigenvalue weighted by molar-refractivity contribution is 5.94. The number of aliphatic imine (C=N–C) groups is 2. The van der Waals surface area contributed by atoms with Gasteiger partial charge in [-0.1, -0.05) is 13.8 Å². The first-order chi connectivity index (χ1) is 17.2. The van der Waals surface area contributed by atoms with Gasteiger partial charge in [-0.05, 0) is 38.5 Å². The summed E-state index contributed by atoms with van der Waals surface area (Å²) in [6.45, 7) is 4.96. The van der Waals surface area contributed by atoms with Crippen molar-refractivity contribution in [3.63, 3.8) is 0 Å². The zero-order valence-electron chi connectivity index (χ0n) is 21.5. The average Bonchev–Trinajstić information content (AvgIpc) is 2.78. The number of amides is 3. The molecular formula is C21H42N10O6. The Morgan fingerprint density at radius 3 is 1.68 bits per heavy atom. The van der Waals surface area contributed by atoms with Gasteiger partial charge in [-0.2, -0.15) is 0 Å². The molecule has 0 aliphatic carbocycles. The zero-order chi connectivity index (χ0) is 28.7. The average molecular weight is 531 g/mol. The fourth-order valence-corrected chi connectivity index (χ4v) is 3.12. The van der Waals surface area contributed by atoms with Crippen LogP contribution < -0.4 is 44.6 Å². The Labute approximate surface area is 215 Å². The molecule has 5 atom stereocenters. The van der Waals surface area contributed by atoms with E-state index < -0.39 is 59.9 Å². The van der Waals surface area contributed by atoms with E-state index in [1.54, 1.807) is 13.8 Å². The molecule has 0 rings (SSSR count). The van der Waals surface area contributed by atoms with Gasteiger partial charge >= 0.3 is 5.97 Å². The van der Waals surface area contributed by atoms with Crippen molar-refractivity contribution in [1.29, 1.82) is 0 Å². The van der Waals surface area contributed by atoms with Crippen LogP contribution >= 0.6 is 0 Å². The van der Waals surface area contributed by atoms with Crippen molar-refractivity contribution in [1.82, 2.24) is 16.0 Å². The molecule has 0 aromatic heterocycles. The van der Waals surface area contributed by atoms with Crippen LogP contribution in [0.5, 0.6) is 0 Å². The largest absolute Gasteiger partial charge is 0.480 e. The van der Waals surface area contributed by atoms with Gasteiger partial charge in [0.15, 0.2) is 18.0 Å². The number of rotatable bonds is 17. The van der Waals surface area contributed by atoms with Crippen LogP contribution in [0, 0.1) is 5.92 Å². The fourth-order valence-electron chi connectivity index (χ4n) is 3.12. The van der Waals surface area contributed by atoms with Crippen molar-refractivity contribution >= 4 is 35.6 Å². The van der Waals surface area contributed by atoms with Crippen molar-refractivity contribution in [2.45, 2.75) is 76.7 Å². The summed E-state index contributed by atoms with van der Waals surface area (Å²) < 4.78 is 0. The maximum atomic E-state index is 13.1. The maximum absolute atomic E-state index is 13.1. The van der Waals surface area contributed by atoms with Gasteiger partial charge in [0.05, 0.1) is 12.1 Å². The van der Waals surface area contributed by atoms with Gasteiger partial charge in [0, 0.05) is 13.1 Å². The Morgan fingerprint density at radius 1 is 0.757 bits per heavy atom. The summed E-state index contributed by atoms with van der Waals surface area (Å²) in [5, 5.41) is 26.2. The number of guanidine groups is 2. The summed E-state index contributed by atoms with van der Waals surface area (Å²) in [6, 6.07) is -4.77. The minimum atomic E-state index is -1.57. The molecule has 0 radical (unpaired) electrons. The Kier molecular flexibility index (Phi) is 15.2. The number of aliphatic carboxylic acids is 1. The highest BCUT2D eigenvalue weighted by atomic mass is 16.4. The number of nitrogens with one attached hydrogen (secondary N) is 3. The summed E-state index contributed by atoms with van der Waals surface area (Å²) in [6.07, 6.45) is -0.263. The first kappa shape index (κ1) is 33.3. The summed E-state index contributed by atoms with van der Waals surface area (Å²) in [5.41, 5.74) is 27.1. The molecule has 37 heavy (non-hydrogen) atoms. The molecule has 0 aliphatic rings. The number of hydrogen-bond donors (Lipinski definition) is 10. The van der Waals surface area contributed by atoms with E-state index in [0.717, 1.165) is 0 Å². The van der Waals surface area contributed by atoms with E-state index in [1.165, 1.54) is 6.92 Å². The molecule has 0 saturated heterocycles. The molecule has 0 spiro atoms. The monoisotopic (exact) mass is 530 g/mol. The van der Waals surface area contributed by atoms with Crippen LogP contribution in [-0.4, -0.2) is 89.2 Å². The second-order valence-corrected chi connectivity index (χ2v) is 8.86. The third-order valence-corrected chi connectivity index (χ3v) is 5.18. The first-order valence-electron chi connectivity index (χ1n) is 11.9. The molecule has 0 aromatic rings. The molecule has 0 aromatic carbocycles.